The Hall–Kier alpha value is -0.890. The molecule has 2 atom stereocenters. The zero-order valence-corrected chi connectivity index (χ0v) is 11.3. The highest BCUT2D eigenvalue weighted by Crippen LogP contribution is 2.20. The maximum absolute atomic E-state index is 11.8. The highest BCUT2D eigenvalue weighted by Gasteiger charge is 2.41. The second-order valence-corrected chi connectivity index (χ2v) is 5.44. The molecule has 0 spiro atoms. The molecule has 3 N–H and O–H groups in total. The Kier molecular flexibility index (Phi) is 4.92. The highest BCUT2D eigenvalue weighted by atomic mass is 17.2. The first-order valence-electron chi connectivity index (χ1n) is 5.85. The molecule has 0 aromatic carbocycles. The van der Waals surface area contributed by atoms with Gasteiger partial charge in [-0.2, -0.15) is 0 Å². The number of nitrogens with one attached hydrogen (secondary N) is 2. The smallest absolute Gasteiger partial charge is 0.408 e. The Bertz CT molecular complexity index is 292. The van der Waals surface area contributed by atoms with E-state index in [9.17, 15) is 9.90 Å². The molecule has 1 aliphatic rings. The summed E-state index contributed by atoms with van der Waals surface area (Å²) < 4.78 is 5.18. The number of amides is 1. The predicted molar refractivity (Wildman–Crippen MR) is 63.7 cm³/mol. The summed E-state index contributed by atoms with van der Waals surface area (Å²) in [5, 5.41) is 15.1. The van der Waals surface area contributed by atoms with Crippen LogP contribution in [0.1, 0.15) is 27.2 Å². The first-order valence-corrected chi connectivity index (χ1v) is 5.85. The minimum absolute atomic E-state index is 0.132. The van der Waals surface area contributed by atoms with Crippen LogP contribution >= 0.6 is 0 Å². The number of aliphatic hydroxyl groups is 1. The Morgan fingerprint density at radius 2 is 2.22 bits per heavy atom. The average Bonchev–Trinajstić information content (AvgIpc) is 2.54. The number of aliphatic hydroxyl groups excluding tert-OH is 1. The minimum atomic E-state index is -0.724. The third kappa shape index (κ3) is 4.77. The predicted octanol–water partition coefficient (Wildman–Crippen LogP) is 0.140. The Balaban J connectivity index is 2.59. The molecule has 0 radical (unpaired) electrons. The van der Waals surface area contributed by atoms with Gasteiger partial charge in [-0.15, -0.1) is 0 Å². The number of rotatable bonds is 4. The molecule has 0 unspecified atom stereocenters. The summed E-state index contributed by atoms with van der Waals surface area (Å²) in [4.78, 5) is 21.2. The zero-order chi connectivity index (χ0) is 13.8. The van der Waals surface area contributed by atoms with Gasteiger partial charge in [0.15, 0.2) is 0 Å². The molecule has 7 heteroatoms. The van der Waals surface area contributed by atoms with Crippen molar-refractivity contribution in [3.63, 3.8) is 0 Å². The van der Waals surface area contributed by atoms with Gasteiger partial charge in [0.2, 0.25) is 0 Å². The van der Waals surface area contributed by atoms with E-state index in [1.807, 2.05) is 0 Å². The van der Waals surface area contributed by atoms with Crippen molar-refractivity contribution in [1.82, 2.24) is 10.6 Å². The fourth-order valence-corrected chi connectivity index (χ4v) is 1.76. The van der Waals surface area contributed by atoms with E-state index in [4.69, 9.17) is 9.62 Å². The summed E-state index contributed by atoms with van der Waals surface area (Å²) >= 11 is 0. The molecule has 1 saturated heterocycles. The van der Waals surface area contributed by atoms with Crippen molar-refractivity contribution in [3.05, 3.63) is 0 Å². The van der Waals surface area contributed by atoms with Gasteiger partial charge in [0, 0.05) is 13.0 Å². The lowest BCUT2D eigenvalue weighted by Crippen LogP contribution is -2.54. The SMILES string of the molecule is COOC[C@]1(NC(=O)OC(C)(C)C)CN[C@@H](O)C1. The molecule has 1 aliphatic heterocycles. The summed E-state index contributed by atoms with van der Waals surface area (Å²) in [5.41, 5.74) is -1.30. The number of carbonyl (C=O) groups is 1. The summed E-state index contributed by atoms with van der Waals surface area (Å²) in [5.74, 6) is 0. The van der Waals surface area contributed by atoms with Crippen LogP contribution in [0.5, 0.6) is 0 Å². The summed E-state index contributed by atoms with van der Waals surface area (Å²) in [6.45, 7) is 5.87. The lowest BCUT2D eigenvalue weighted by atomic mass is 10.00. The first-order chi connectivity index (χ1) is 8.26. The van der Waals surface area contributed by atoms with Crippen LogP contribution in [-0.4, -0.2) is 48.8 Å². The molecule has 106 valence electrons. The van der Waals surface area contributed by atoms with Gasteiger partial charge >= 0.3 is 6.09 Å². The van der Waals surface area contributed by atoms with Gasteiger partial charge in [0.25, 0.3) is 0 Å². The monoisotopic (exact) mass is 262 g/mol. The van der Waals surface area contributed by atoms with Crippen LogP contribution in [0.25, 0.3) is 0 Å². The van der Waals surface area contributed by atoms with Gasteiger partial charge in [0.1, 0.15) is 18.4 Å². The van der Waals surface area contributed by atoms with Gasteiger partial charge in [-0.3, -0.25) is 5.32 Å². The maximum atomic E-state index is 11.8. The molecule has 0 saturated carbocycles. The largest absolute Gasteiger partial charge is 0.444 e. The Morgan fingerprint density at radius 1 is 1.56 bits per heavy atom. The second-order valence-electron chi connectivity index (χ2n) is 5.44. The van der Waals surface area contributed by atoms with E-state index in [2.05, 4.69) is 15.5 Å². The number of alkyl carbamates (subject to hydrolysis) is 1. The topological polar surface area (TPSA) is 89.1 Å². The summed E-state index contributed by atoms with van der Waals surface area (Å²) in [7, 11) is 1.39. The van der Waals surface area contributed by atoms with Gasteiger partial charge in [-0.1, -0.05) is 0 Å². The summed E-state index contributed by atoms with van der Waals surface area (Å²) in [6, 6.07) is 0. The molecule has 1 fully saturated rings. The van der Waals surface area contributed by atoms with Crippen LogP contribution < -0.4 is 10.6 Å². The molecule has 1 heterocycles. The van der Waals surface area contributed by atoms with Gasteiger partial charge in [0.05, 0.1) is 12.6 Å². The van der Waals surface area contributed by atoms with E-state index < -0.39 is 23.5 Å². The molecule has 18 heavy (non-hydrogen) atoms. The minimum Gasteiger partial charge on any atom is -0.444 e. The third-order valence-electron chi connectivity index (χ3n) is 2.48. The van der Waals surface area contributed by atoms with Gasteiger partial charge in [-0.25, -0.2) is 14.6 Å². The van der Waals surface area contributed by atoms with Crippen molar-refractivity contribution < 1.29 is 24.4 Å². The lowest BCUT2D eigenvalue weighted by molar-refractivity contribution is -0.282. The molecule has 0 bridgehead atoms. The van der Waals surface area contributed by atoms with E-state index in [-0.39, 0.29) is 6.61 Å². The Labute approximate surface area is 107 Å². The quantitative estimate of drug-likeness (QED) is 0.493. The maximum Gasteiger partial charge on any atom is 0.408 e. The number of carbonyl (C=O) groups excluding carboxylic acids is 1. The molecular formula is C11H22N2O5. The van der Waals surface area contributed by atoms with Crippen molar-refractivity contribution in [2.24, 2.45) is 0 Å². The van der Waals surface area contributed by atoms with Crippen LogP contribution in [0.15, 0.2) is 0 Å². The fourth-order valence-electron chi connectivity index (χ4n) is 1.76. The molecular weight excluding hydrogens is 240 g/mol. The standard InChI is InChI=1S/C11H22N2O5/c1-10(2,3)18-9(15)13-11(7-17-16-4)5-8(14)12-6-11/h8,12,14H,5-7H2,1-4H3,(H,13,15)/t8-,11+/m0/s1. The fraction of sp³-hybridized carbons (Fsp3) is 0.909. The van der Waals surface area contributed by atoms with Crippen LogP contribution in [0.2, 0.25) is 0 Å². The van der Waals surface area contributed by atoms with Crippen LogP contribution in [-0.2, 0) is 14.5 Å². The first kappa shape index (κ1) is 15.2. The van der Waals surface area contributed by atoms with E-state index in [1.165, 1.54) is 7.11 Å². The van der Waals surface area contributed by atoms with Crippen LogP contribution in [0.3, 0.4) is 0 Å². The van der Waals surface area contributed by atoms with Crippen molar-refractivity contribution >= 4 is 6.09 Å². The number of hydrogen-bond acceptors (Lipinski definition) is 6. The average molecular weight is 262 g/mol. The molecule has 0 aromatic heterocycles. The summed E-state index contributed by atoms with van der Waals surface area (Å²) in [6.07, 6.45) is -0.895. The number of hydrogen-bond donors (Lipinski definition) is 3. The van der Waals surface area contributed by atoms with E-state index in [0.717, 1.165) is 0 Å². The van der Waals surface area contributed by atoms with E-state index >= 15 is 0 Å². The van der Waals surface area contributed by atoms with Crippen molar-refractivity contribution in [1.29, 1.82) is 0 Å². The van der Waals surface area contributed by atoms with E-state index in [1.54, 1.807) is 20.8 Å². The highest BCUT2D eigenvalue weighted by molar-refractivity contribution is 5.69. The van der Waals surface area contributed by atoms with Crippen molar-refractivity contribution in [2.75, 3.05) is 20.3 Å². The second kappa shape index (κ2) is 5.83. The zero-order valence-electron chi connectivity index (χ0n) is 11.3. The molecule has 1 amide bonds. The lowest BCUT2D eigenvalue weighted by Gasteiger charge is -2.30. The normalized spacial score (nSPS) is 28.2. The van der Waals surface area contributed by atoms with Crippen molar-refractivity contribution in [2.45, 2.75) is 44.6 Å². The molecule has 7 nitrogen and oxygen atoms in total. The third-order valence-corrected chi connectivity index (χ3v) is 2.48. The molecule has 1 rings (SSSR count). The van der Waals surface area contributed by atoms with Gasteiger partial charge in [-0.05, 0) is 20.8 Å². The van der Waals surface area contributed by atoms with Crippen LogP contribution in [0.4, 0.5) is 4.79 Å². The molecule has 0 aliphatic carbocycles. The van der Waals surface area contributed by atoms with E-state index in [0.29, 0.717) is 13.0 Å². The van der Waals surface area contributed by atoms with Crippen molar-refractivity contribution in [3.8, 4) is 0 Å². The van der Waals surface area contributed by atoms with Crippen LogP contribution in [0, 0.1) is 0 Å². The van der Waals surface area contributed by atoms with Gasteiger partial charge < -0.3 is 15.2 Å². The number of ether oxygens (including phenoxy) is 1. The Morgan fingerprint density at radius 3 is 2.67 bits per heavy atom. The molecule has 0 aromatic rings.